The molecule has 13 nitrogen and oxygen atoms in total. The number of primary amides is 2. The molecular formula is C48H66F4N8O5. The van der Waals surface area contributed by atoms with Gasteiger partial charge in [0.05, 0.1) is 29.9 Å². The number of nitrogens with two attached hydrogens (primary N) is 3. The minimum absolute atomic E-state index is 0.0192. The number of nitrogens with zero attached hydrogens (tertiary/aromatic N) is 4. The maximum atomic E-state index is 14.1. The number of halogens is 4. The molecular weight excluding hydrogens is 845 g/mol. The third kappa shape index (κ3) is 18.7. The van der Waals surface area contributed by atoms with E-state index < -0.39 is 41.1 Å². The molecule has 0 saturated heterocycles. The first-order valence-corrected chi connectivity index (χ1v) is 21.0. The summed E-state index contributed by atoms with van der Waals surface area (Å²) in [7, 11) is 7.60. The second kappa shape index (κ2) is 25.1. The molecule has 17 heteroatoms. The zero-order valence-electron chi connectivity index (χ0n) is 39.1. The van der Waals surface area contributed by atoms with Gasteiger partial charge in [0.15, 0.2) is 0 Å². The molecule has 4 atom stereocenters. The molecule has 8 N–H and O–H groups in total. The second-order valence-electron chi connectivity index (χ2n) is 18.6. The lowest BCUT2D eigenvalue weighted by Gasteiger charge is -2.31. The number of pyridine rings is 2. The summed E-state index contributed by atoms with van der Waals surface area (Å²) < 4.78 is 54.3. The number of rotatable bonds is 17. The summed E-state index contributed by atoms with van der Waals surface area (Å²) in [6.07, 6.45) is 6.67. The first-order chi connectivity index (χ1) is 30.1. The van der Waals surface area contributed by atoms with Crippen LogP contribution in [0, 0.1) is 34.1 Å². The highest BCUT2D eigenvalue weighted by Gasteiger charge is 2.30. The molecule has 0 saturated carbocycles. The number of hydrogen-bond acceptors (Lipinski definition) is 9. The van der Waals surface area contributed by atoms with E-state index in [1.807, 2.05) is 79.5 Å². The van der Waals surface area contributed by atoms with E-state index in [2.05, 4.69) is 15.3 Å². The number of carbonyl (C=O) groups excluding carboxylic acids is 3. The van der Waals surface area contributed by atoms with Crippen molar-refractivity contribution < 1.29 is 41.8 Å². The molecule has 0 aliphatic carbocycles. The highest BCUT2D eigenvalue weighted by Crippen LogP contribution is 2.38. The van der Waals surface area contributed by atoms with Gasteiger partial charge in [0.25, 0.3) is 11.8 Å². The topological polar surface area (TPSA) is 211 Å². The Morgan fingerprint density at radius 3 is 1.37 bits per heavy atom. The zero-order chi connectivity index (χ0) is 49.4. The summed E-state index contributed by atoms with van der Waals surface area (Å²) in [5.41, 5.74) is 17.9. The molecule has 2 aromatic carbocycles. The van der Waals surface area contributed by atoms with Gasteiger partial charge in [0, 0.05) is 49.9 Å². The minimum atomic E-state index is -0.885. The predicted molar refractivity (Wildman–Crippen MR) is 244 cm³/mol. The Bertz CT molecular complexity index is 2210. The van der Waals surface area contributed by atoms with E-state index in [0.29, 0.717) is 42.6 Å². The van der Waals surface area contributed by atoms with Gasteiger partial charge < -0.3 is 37.4 Å². The number of nitrogens with one attached hydrogen (secondary N) is 1. The van der Waals surface area contributed by atoms with Gasteiger partial charge >= 0.3 is 5.97 Å². The Morgan fingerprint density at radius 2 is 1.05 bits per heavy atom. The number of aliphatic carboxylic acids is 1. The van der Waals surface area contributed by atoms with Crippen molar-refractivity contribution >= 4 is 23.7 Å². The maximum absolute atomic E-state index is 14.1. The number of carboxylic acid groups (broad SMARTS) is 1. The fraction of sp³-hybridized carbons (Fsp3) is 0.458. The summed E-state index contributed by atoms with van der Waals surface area (Å²) >= 11 is 0. The zero-order valence-corrected chi connectivity index (χ0v) is 39.1. The van der Waals surface area contributed by atoms with Crippen molar-refractivity contribution in [2.75, 3.05) is 41.3 Å². The summed E-state index contributed by atoms with van der Waals surface area (Å²) in [6.45, 7) is 12.7. The van der Waals surface area contributed by atoms with E-state index in [1.54, 1.807) is 18.3 Å². The van der Waals surface area contributed by atoms with Crippen LogP contribution in [0.3, 0.4) is 0 Å². The molecule has 0 aliphatic heterocycles. The number of carbonyl (C=O) groups is 4. The van der Waals surface area contributed by atoms with Gasteiger partial charge in [-0.3, -0.25) is 29.1 Å². The summed E-state index contributed by atoms with van der Waals surface area (Å²) in [6, 6.07) is 11.6. The first-order valence-electron chi connectivity index (χ1n) is 21.0. The van der Waals surface area contributed by atoms with Gasteiger partial charge in [-0.25, -0.2) is 17.6 Å². The Hall–Kier alpha value is -5.78. The predicted octanol–water partition coefficient (Wildman–Crippen LogP) is 6.45. The Balaban J connectivity index is 0.000000370. The van der Waals surface area contributed by atoms with E-state index in [4.69, 9.17) is 22.3 Å². The lowest BCUT2D eigenvalue weighted by Crippen LogP contribution is -2.42. The lowest BCUT2D eigenvalue weighted by atomic mass is 9.75. The highest BCUT2D eigenvalue weighted by atomic mass is 19.1. The van der Waals surface area contributed by atoms with E-state index in [1.165, 1.54) is 42.6 Å². The van der Waals surface area contributed by atoms with Crippen LogP contribution in [-0.2, 0) is 22.4 Å². The van der Waals surface area contributed by atoms with Crippen molar-refractivity contribution in [3.63, 3.8) is 0 Å². The van der Waals surface area contributed by atoms with Gasteiger partial charge in [-0.15, -0.1) is 0 Å². The smallest absolute Gasteiger partial charge is 0.303 e. The van der Waals surface area contributed by atoms with Gasteiger partial charge in [0.1, 0.15) is 23.3 Å². The molecule has 0 fully saturated rings. The van der Waals surface area contributed by atoms with Crippen LogP contribution in [0.5, 0.6) is 0 Å². The SMILES string of the molecule is CC(C)(C)[C@@H](CC(=O)O)c1cncc(F)c1.CN(C)[C@H](CN)Cc1ccc(C(N)=O)c(F)c1.CN(C)[C@H](CNC(=O)C[C@@H](c1cncc(F)c1)C(C)(C)C)Cc1ccc(C(N)=O)c(F)c1. The number of aromatic nitrogens is 2. The molecule has 0 aliphatic rings. The number of likely N-dealkylation sites (N-methyl/N-ethyl adjacent to an activating group) is 2. The summed E-state index contributed by atoms with van der Waals surface area (Å²) in [5, 5.41) is 11.8. The molecule has 0 bridgehead atoms. The van der Waals surface area contributed by atoms with E-state index in [9.17, 15) is 36.7 Å². The minimum Gasteiger partial charge on any atom is -0.481 e. The average Bonchev–Trinajstić information content (AvgIpc) is 3.18. The number of benzene rings is 2. The van der Waals surface area contributed by atoms with Gasteiger partial charge in [-0.2, -0.15) is 0 Å². The van der Waals surface area contributed by atoms with Crippen LogP contribution in [0.15, 0.2) is 73.3 Å². The largest absolute Gasteiger partial charge is 0.481 e. The molecule has 2 heterocycles. The normalized spacial score (nSPS) is 13.4. The van der Waals surface area contributed by atoms with Crippen LogP contribution >= 0.6 is 0 Å². The van der Waals surface area contributed by atoms with E-state index in [-0.39, 0.29) is 64.6 Å². The number of hydrogen-bond donors (Lipinski definition) is 5. The van der Waals surface area contributed by atoms with E-state index >= 15 is 0 Å². The van der Waals surface area contributed by atoms with Crippen LogP contribution in [0.25, 0.3) is 0 Å². The van der Waals surface area contributed by atoms with Gasteiger partial charge in [-0.05, 0) is 116 Å². The molecule has 4 aromatic rings. The molecule has 2 aromatic heterocycles. The molecule has 3 amide bonds. The molecule has 4 rings (SSSR count). The molecule has 0 unspecified atom stereocenters. The summed E-state index contributed by atoms with van der Waals surface area (Å²) in [5.74, 6) is -5.16. The van der Waals surface area contributed by atoms with Crippen LogP contribution < -0.4 is 22.5 Å². The van der Waals surface area contributed by atoms with Crippen LogP contribution in [0.1, 0.15) is 109 Å². The summed E-state index contributed by atoms with van der Waals surface area (Å²) in [4.78, 5) is 57.3. The van der Waals surface area contributed by atoms with Crippen molar-refractivity contribution in [2.24, 2.45) is 28.0 Å². The van der Waals surface area contributed by atoms with Crippen LogP contribution in [0.4, 0.5) is 17.6 Å². The monoisotopic (exact) mass is 911 g/mol. The standard InChI is InChI=1S/C24H32F2N4O2.C12H18FN3O.C12H16FNO2/c1-24(2,3)20(16-10-17(25)13-28-12-16)11-22(31)29-14-18(30(4)5)8-15-6-7-19(23(27)32)21(26)9-15;1-16(2)9(7-14)5-8-3-4-10(12(15)17)11(13)6-8;1-12(2,3)10(5-11(15)16)8-4-9(13)7-14-6-8/h6-7,9-10,12-13,18,20H,8,11,14H2,1-5H3,(H2,27,32)(H,29,31);3-4,6,9H,5,7,14H2,1-2H3,(H2,15,17);4,6-7,10H,5H2,1-3H3,(H,15,16)/t18-,20-;9-;10-/m000/s1. The second-order valence-corrected chi connectivity index (χ2v) is 18.6. The van der Waals surface area contributed by atoms with Crippen molar-refractivity contribution in [1.82, 2.24) is 25.1 Å². The van der Waals surface area contributed by atoms with Crippen molar-refractivity contribution in [3.05, 3.63) is 130 Å². The average molecular weight is 911 g/mol. The Morgan fingerprint density at radius 1 is 0.646 bits per heavy atom. The number of carboxylic acids is 1. The number of amides is 3. The highest BCUT2D eigenvalue weighted by molar-refractivity contribution is 5.93. The lowest BCUT2D eigenvalue weighted by molar-refractivity contribution is -0.138. The molecule has 0 radical (unpaired) electrons. The van der Waals surface area contributed by atoms with Crippen LogP contribution in [0.2, 0.25) is 0 Å². The third-order valence-corrected chi connectivity index (χ3v) is 10.9. The van der Waals surface area contributed by atoms with Crippen molar-refractivity contribution in [2.45, 2.75) is 91.1 Å². The Labute approximate surface area is 380 Å². The molecule has 0 spiro atoms. The third-order valence-electron chi connectivity index (χ3n) is 10.9. The quantitative estimate of drug-likeness (QED) is 0.0731. The van der Waals surface area contributed by atoms with Crippen molar-refractivity contribution in [3.8, 4) is 0 Å². The van der Waals surface area contributed by atoms with Crippen LogP contribution in [-0.4, -0.2) is 102 Å². The van der Waals surface area contributed by atoms with Crippen molar-refractivity contribution in [1.29, 1.82) is 0 Å². The van der Waals surface area contributed by atoms with E-state index in [0.717, 1.165) is 18.0 Å². The van der Waals surface area contributed by atoms with Gasteiger partial charge in [0.2, 0.25) is 5.91 Å². The fourth-order valence-electron chi connectivity index (χ4n) is 6.98. The van der Waals surface area contributed by atoms with Gasteiger partial charge in [-0.1, -0.05) is 53.7 Å². The molecule has 65 heavy (non-hydrogen) atoms. The fourth-order valence-corrected chi connectivity index (χ4v) is 6.98. The maximum Gasteiger partial charge on any atom is 0.303 e. The molecule has 356 valence electrons. The Kier molecular flexibility index (Phi) is 21.3. The first kappa shape index (κ1) is 55.4.